The summed E-state index contributed by atoms with van der Waals surface area (Å²) in [5, 5.41) is 4.00. The second kappa shape index (κ2) is 6.24. The number of rotatable bonds is 3. The van der Waals surface area contributed by atoms with E-state index in [4.69, 9.17) is 0 Å². The van der Waals surface area contributed by atoms with Crippen molar-refractivity contribution in [2.75, 3.05) is 23.3 Å². The van der Waals surface area contributed by atoms with E-state index in [0.29, 0.717) is 0 Å². The van der Waals surface area contributed by atoms with Crippen LogP contribution in [0.1, 0.15) is 17.5 Å². The number of nitrogens with zero attached hydrogens (tertiary/aromatic N) is 2. The molecule has 0 spiro atoms. The van der Waals surface area contributed by atoms with Gasteiger partial charge >= 0.3 is 0 Å². The maximum atomic E-state index is 12.6. The number of hydrogen-bond acceptors (Lipinski definition) is 4. The SMILES string of the molecule is Cc1ccc2nc(NCC(=O)N3CCCc4ccccc43)sc2c1. The molecular formula is C19H19N3OS. The lowest BCUT2D eigenvalue weighted by molar-refractivity contribution is -0.117. The standard InChI is InChI=1S/C19H19N3OS/c1-13-8-9-15-17(11-13)24-19(21-15)20-12-18(23)22-10-4-6-14-5-2-3-7-16(14)22/h2-3,5,7-9,11H,4,6,10,12H2,1H3,(H,20,21). The third kappa shape index (κ3) is 2.87. The zero-order chi connectivity index (χ0) is 16.5. The number of anilines is 2. The fraction of sp³-hybridized carbons (Fsp3) is 0.263. The summed E-state index contributed by atoms with van der Waals surface area (Å²) in [7, 11) is 0. The zero-order valence-electron chi connectivity index (χ0n) is 13.6. The van der Waals surface area contributed by atoms with Gasteiger partial charge in [-0.2, -0.15) is 0 Å². The minimum Gasteiger partial charge on any atom is -0.352 e. The summed E-state index contributed by atoms with van der Waals surface area (Å²) < 4.78 is 1.15. The van der Waals surface area contributed by atoms with E-state index in [1.807, 2.05) is 29.2 Å². The molecule has 1 aromatic heterocycles. The van der Waals surface area contributed by atoms with E-state index in [-0.39, 0.29) is 12.5 Å². The Hall–Kier alpha value is -2.40. The fourth-order valence-electron chi connectivity index (χ4n) is 3.15. The Morgan fingerprint density at radius 3 is 3.08 bits per heavy atom. The monoisotopic (exact) mass is 337 g/mol. The number of thiazole rings is 1. The molecule has 4 nitrogen and oxygen atoms in total. The highest BCUT2D eigenvalue weighted by atomic mass is 32.1. The molecule has 4 rings (SSSR count). The number of aryl methyl sites for hydroxylation is 2. The van der Waals surface area contributed by atoms with E-state index in [0.717, 1.165) is 40.4 Å². The van der Waals surface area contributed by atoms with E-state index >= 15 is 0 Å². The van der Waals surface area contributed by atoms with Gasteiger partial charge in [-0.15, -0.1) is 0 Å². The van der Waals surface area contributed by atoms with Crippen molar-refractivity contribution >= 4 is 38.3 Å². The molecule has 0 bridgehead atoms. The van der Waals surface area contributed by atoms with Gasteiger partial charge in [-0.05, 0) is 49.1 Å². The molecule has 0 fully saturated rings. The Balaban J connectivity index is 1.48. The average Bonchev–Trinajstić information content (AvgIpc) is 3.01. The molecule has 3 aromatic rings. The Morgan fingerprint density at radius 2 is 2.17 bits per heavy atom. The van der Waals surface area contributed by atoms with Crippen molar-refractivity contribution in [1.82, 2.24) is 4.98 Å². The van der Waals surface area contributed by atoms with Crippen LogP contribution in [0.3, 0.4) is 0 Å². The second-order valence-corrected chi connectivity index (χ2v) is 7.15. The van der Waals surface area contributed by atoms with Crippen LogP contribution in [-0.2, 0) is 11.2 Å². The fourth-order valence-corrected chi connectivity index (χ4v) is 4.11. The number of fused-ring (bicyclic) bond motifs is 2. The van der Waals surface area contributed by atoms with Crippen molar-refractivity contribution in [2.45, 2.75) is 19.8 Å². The highest BCUT2D eigenvalue weighted by Gasteiger charge is 2.21. The van der Waals surface area contributed by atoms with Crippen LogP contribution in [0.2, 0.25) is 0 Å². The zero-order valence-corrected chi connectivity index (χ0v) is 14.4. The molecule has 24 heavy (non-hydrogen) atoms. The summed E-state index contributed by atoms with van der Waals surface area (Å²) in [6, 6.07) is 14.4. The molecule has 0 atom stereocenters. The Labute approximate surface area is 145 Å². The van der Waals surface area contributed by atoms with E-state index in [1.54, 1.807) is 11.3 Å². The summed E-state index contributed by atoms with van der Waals surface area (Å²) in [4.78, 5) is 19.1. The van der Waals surface area contributed by atoms with Crippen molar-refractivity contribution in [3.05, 3.63) is 53.6 Å². The van der Waals surface area contributed by atoms with E-state index in [1.165, 1.54) is 11.1 Å². The molecule has 0 saturated heterocycles. The first-order valence-electron chi connectivity index (χ1n) is 8.20. The van der Waals surface area contributed by atoms with Gasteiger partial charge in [0, 0.05) is 12.2 Å². The van der Waals surface area contributed by atoms with Crippen LogP contribution in [0.15, 0.2) is 42.5 Å². The van der Waals surface area contributed by atoms with Crippen molar-refractivity contribution in [3.8, 4) is 0 Å². The predicted octanol–water partition coefficient (Wildman–Crippen LogP) is 4.00. The topological polar surface area (TPSA) is 45.2 Å². The quantitative estimate of drug-likeness (QED) is 0.786. The van der Waals surface area contributed by atoms with Gasteiger partial charge in [-0.1, -0.05) is 35.6 Å². The molecule has 122 valence electrons. The predicted molar refractivity (Wildman–Crippen MR) is 100.0 cm³/mol. The average molecular weight is 337 g/mol. The van der Waals surface area contributed by atoms with Crippen molar-refractivity contribution in [1.29, 1.82) is 0 Å². The Bertz CT molecular complexity index is 903. The first-order chi connectivity index (χ1) is 11.7. The summed E-state index contributed by atoms with van der Waals surface area (Å²) in [5.74, 6) is 0.0950. The first-order valence-corrected chi connectivity index (χ1v) is 9.02. The largest absolute Gasteiger partial charge is 0.352 e. The van der Waals surface area contributed by atoms with Gasteiger partial charge in [0.2, 0.25) is 5.91 Å². The van der Waals surface area contributed by atoms with Crippen LogP contribution in [0.4, 0.5) is 10.8 Å². The molecule has 0 aliphatic carbocycles. The van der Waals surface area contributed by atoms with E-state index in [2.05, 4.69) is 35.4 Å². The van der Waals surface area contributed by atoms with Crippen molar-refractivity contribution in [2.24, 2.45) is 0 Å². The molecule has 2 aromatic carbocycles. The lowest BCUT2D eigenvalue weighted by Gasteiger charge is -2.29. The number of carbonyl (C=O) groups excluding carboxylic acids is 1. The molecule has 1 aliphatic heterocycles. The number of hydrogen-bond donors (Lipinski definition) is 1. The highest BCUT2D eigenvalue weighted by Crippen LogP contribution is 2.28. The number of benzene rings is 2. The maximum Gasteiger partial charge on any atom is 0.246 e. The number of aromatic nitrogens is 1. The molecule has 2 heterocycles. The summed E-state index contributed by atoms with van der Waals surface area (Å²) in [5.41, 5.74) is 4.51. The third-order valence-electron chi connectivity index (χ3n) is 4.35. The number of para-hydroxylation sites is 1. The van der Waals surface area contributed by atoms with Crippen LogP contribution < -0.4 is 10.2 Å². The normalized spacial score (nSPS) is 13.8. The van der Waals surface area contributed by atoms with Crippen LogP contribution in [0.5, 0.6) is 0 Å². The molecule has 0 radical (unpaired) electrons. The molecule has 1 aliphatic rings. The first kappa shape index (κ1) is 15.1. The smallest absolute Gasteiger partial charge is 0.246 e. The van der Waals surface area contributed by atoms with Gasteiger partial charge in [0.1, 0.15) is 0 Å². The molecule has 5 heteroatoms. The third-order valence-corrected chi connectivity index (χ3v) is 5.32. The second-order valence-electron chi connectivity index (χ2n) is 6.12. The number of nitrogens with one attached hydrogen (secondary N) is 1. The Morgan fingerprint density at radius 1 is 1.29 bits per heavy atom. The van der Waals surface area contributed by atoms with Gasteiger partial charge in [0.25, 0.3) is 0 Å². The van der Waals surface area contributed by atoms with Gasteiger partial charge in [0.05, 0.1) is 16.8 Å². The summed E-state index contributed by atoms with van der Waals surface area (Å²) >= 11 is 1.59. The van der Waals surface area contributed by atoms with Crippen LogP contribution in [-0.4, -0.2) is 24.0 Å². The van der Waals surface area contributed by atoms with E-state index in [9.17, 15) is 4.79 Å². The van der Waals surface area contributed by atoms with Crippen LogP contribution in [0, 0.1) is 6.92 Å². The van der Waals surface area contributed by atoms with Gasteiger partial charge < -0.3 is 10.2 Å². The van der Waals surface area contributed by atoms with Crippen molar-refractivity contribution < 1.29 is 4.79 Å². The minimum absolute atomic E-state index is 0.0950. The van der Waals surface area contributed by atoms with Gasteiger partial charge in [-0.25, -0.2) is 4.98 Å². The lowest BCUT2D eigenvalue weighted by atomic mass is 10.0. The Kier molecular flexibility index (Phi) is 3.94. The number of carbonyl (C=O) groups is 1. The van der Waals surface area contributed by atoms with Gasteiger partial charge in [-0.3, -0.25) is 4.79 Å². The molecule has 0 unspecified atom stereocenters. The number of amides is 1. The molecule has 1 N–H and O–H groups in total. The minimum atomic E-state index is 0.0950. The highest BCUT2D eigenvalue weighted by molar-refractivity contribution is 7.22. The van der Waals surface area contributed by atoms with Crippen LogP contribution in [0.25, 0.3) is 10.2 Å². The van der Waals surface area contributed by atoms with Crippen molar-refractivity contribution in [3.63, 3.8) is 0 Å². The summed E-state index contributed by atoms with van der Waals surface area (Å²) in [6.07, 6.45) is 2.06. The molecular weight excluding hydrogens is 318 g/mol. The molecule has 1 amide bonds. The summed E-state index contributed by atoms with van der Waals surface area (Å²) in [6.45, 7) is 3.13. The van der Waals surface area contributed by atoms with Gasteiger partial charge in [0.15, 0.2) is 5.13 Å². The van der Waals surface area contributed by atoms with Crippen LogP contribution >= 0.6 is 11.3 Å². The lowest BCUT2D eigenvalue weighted by Crippen LogP contribution is -2.39. The molecule has 0 saturated carbocycles. The maximum absolute atomic E-state index is 12.6. The van der Waals surface area contributed by atoms with E-state index < -0.39 is 0 Å².